The van der Waals surface area contributed by atoms with Crippen molar-refractivity contribution in [1.82, 2.24) is 9.88 Å². The van der Waals surface area contributed by atoms with Crippen LogP contribution in [0.15, 0.2) is 24.3 Å². The molecule has 1 aromatic carbocycles. The van der Waals surface area contributed by atoms with Crippen LogP contribution in [-0.4, -0.2) is 49.1 Å². The van der Waals surface area contributed by atoms with Gasteiger partial charge in [-0.3, -0.25) is 4.79 Å². The Kier molecular flexibility index (Phi) is 5.00. The fourth-order valence-electron chi connectivity index (χ4n) is 5.22. The molecule has 4 heterocycles. The van der Waals surface area contributed by atoms with Crippen LogP contribution in [-0.2, 0) is 11.3 Å². The molecule has 1 saturated heterocycles. The highest BCUT2D eigenvalue weighted by Gasteiger charge is 2.44. The normalized spacial score (nSPS) is 20.8. The first kappa shape index (κ1) is 20.4. The number of hydrogen-bond donors (Lipinski definition) is 1. The van der Waals surface area contributed by atoms with Crippen LogP contribution < -0.4 is 10.6 Å². The van der Waals surface area contributed by atoms with E-state index in [-0.39, 0.29) is 11.9 Å². The number of aromatic nitrogens is 1. The van der Waals surface area contributed by atoms with Gasteiger partial charge in [-0.2, -0.15) is 0 Å². The number of carbonyl (C=O) groups excluding carboxylic acids is 1. The molecule has 1 fully saturated rings. The van der Waals surface area contributed by atoms with Crippen molar-refractivity contribution in [2.75, 3.05) is 37.9 Å². The van der Waals surface area contributed by atoms with Crippen LogP contribution >= 0.6 is 11.3 Å². The number of hydrogen-bond acceptors (Lipinski definition) is 6. The maximum atomic E-state index is 14.0. The highest BCUT2D eigenvalue weighted by molar-refractivity contribution is 7.21. The van der Waals surface area contributed by atoms with Gasteiger partial charge in [0, 0.05) is 42.4 Å². The molecule has 0 bridgehead atoms. The first-order chi connectivity index (χ1) is 14.9. The molecule has 0 saturated carbocycles. The fourth-order valence-corrected chi connectivity index (χ4v) is 6.34. The van der Waals surface area contributed by atoms with Gasteiger partial charge in [0.05, 0.1) is 12.3 Å². The Morgan fingerprint density at radius 1 is 1.32 bits per heavy atom. The Balaban J connectivity index is 1.63. The lowest BCUT2D eigenvalue weighted by Gasteiger charge is -2.36. The lowest BCUT2D eigenvalue weighted by atomic mass is 9.89. The number of carbonyl (C=O) groups is 1. The van der Waals surface area contributed by atoms with Gasteiger partial charge in [0.15, 0.2) is 0 Å². The number of likely N-dealkylation sites (N-methyl/N-ethyl adjacent to an activating group) is 1. The van der Waals surface area contributed by atoms with Crippen molar-refractivity contribution >= 4 is 38.8 Å². The summed E-state index contributed by atoms with van der Waals surface area (Å²) in [7, 11) is 3.82. The second kappa shape index (κ2) is 7.58. The molecule has 2 aliphatic heterocycles. The summed E-state index contributed by atoms with van der Waals surface area (Å²) in [6.45, 7) is 6.46. The van der Waals surface area contributed by atoms with Gasteiger partial charge < -0.3 is 20.3 Å². The Morgan fingerprint density at radius 2 is 2.13 bits per heavy atom. The fraction of sp³-hybridized carbons (Fsp3) is 0.417. The summed E-state index contributed by atoms with van der Waals surface area (Å²) < 4.78 is 5.38. The van der Waals surface area contributed by atoms with Gasteiger partial charge in [-0.15, -0.1) is 11.3 Å². The monoisotopic (exact) mass is 436 g/mol. The van der Waals surface area contributed by atoms with Gasteiger partial charge in [0.25, 0.3) is 5.91 Å². The number of thiophene rings is 1. The van der Waals surface area contributed by atoms with E-state index in [4.69, 9.17) is 10.5 Å². The molecular formula is C24H28N4O2S. The molecule has 2 aromatic heterocycles. The highest BCUT2D eigenvalue weighted by Crippen LogP contribution is 2.47. The molecule has 0 radical (unpaired) electrons. The van der Waals surface area contributed by atoms with Gasteiger partial charge in [0.2, 0.25) is 0 Å². The van der Waals surface area contributed by atoms with E-state index in [2.05, 4.69) is 42.1 Å². The predicted molar refractivity (Wildman–Crippen MR) is 126 cm³/mol. The molecule has 3 aromatic rings. The molecule has 0 aliphatic carbocycles. The van der Waals surface area contributed by atoms with E-state index in [1.807, 2.05) is 17.9 Å². The second-order valence-electron chi connectivity index (χ2n) is 8.84. The molecule has 1 amide bonds. The number of nitrogens with zero attached hydrogens (tertiary/aromatic N) is 3. The molecule has 0 spiro atoms. The standard InChI is InChI=1S/C24H28N4O2S/c1-13-5-6-18-16(9-13)17-11-27(3)8-7-19(17)28(18)24(29)22-21(25)20-15(12-30-4)10-14(2)26-23(20)31-22/h5-6,9-10,17,19H,7-8,11-12,25H2,1-4H3/t17-,19-/m0/s1. The molecule has 162 valence electrons. The van der Waals surface area contributed by atoms with Crippen LogP contribution in [0.3, 0.4) is 0 Å². The minimum atomic E-state index is -0.0105. The number of rotatable bonds is 3. The van der Waals surface area contributed by atoms with Crippen molar-refractivity contribution in [2.45, 2.75) is 38.8 Å². The van der Waals surface area contributed by atoms with Gasteiger partial charge in [-0.05, 0) is 57.1 Å². The summed E-state index contributed by atoms with van der Waals surface area (Å²) in [4.78, 5) is 24.4. The van der Waals surface area contributed by atoms with E-state index >= 15 is 0 Å². The number of benzene rings is 1. The topological polar surface area (TPSA) is 71.7 Å². The molecule has 0 unspecified atom stereocenters. The van der Waals surface area contributed by atoms with Gasteiger partial charge in [-0.25, -0.2) is 4.98 Å². The quantitative estimate of drug-likeness (QED) is 0.670. The SMILES string of the molecule is COCc1cc(C)nc2sc(C(=O)N3c4ccc(C)cc4[C@@H]4CN(C)CC[C@@H]43)c(N)c12. The Bertz CT molecular complexity index is 1190. The molecule has 6 nitrogen and oxygen atoms in total. The molecule has 2 aliphatic rings. The summed E-state index contributed by atoms with van der Waals surface area (Å²) in [5, 5.41) is 0.851. The van der Waals surface area contributed by atoms with E-state index < -0.39 is 0 Å². The number of fused-ring (bicyclic) bond motifs is 4. The third-order valence-corrected chi connectivity index (χ3v) is 7.66. The molecule has 7 heteroatoms. The van der Waals surface area contributed by atoms with E-state index in [0.717, 1.165) is 46.7 Å². The van der Waals surface area contributed by atoms with Crippen molar-refractivity contribution < 1.29 is 9.53 Å². The third kappa shape index (κ3) is 3.23. The molecule has 5 rings (SSSR count). The minimum Gasteiger partial charge on any atom is -0.397 e. The number of pyridine rings is 1. The number of ether oxygens (including phenoxy) is 1. The first-order valence-corrected chi connectivity index (χ1v) is 11.5. The number of nitrogen functional groups attached to an aromatic ring is 1. The zero-order valence-corrected chi connectivity index (χ0v) is 19.3. The maximum absolute atomic E-state index is 14.0. The highest BCUT2D eigenvalue weighted by atomic mass is 32.1. The predicted octanol–water partition coefficient (Wildman–Crippen LogP) is 4.09. The number of piperidine rings is 1. The number of anilines is 2. The van der Waals surface area contributed by atoms with Crippen molar-refractivity contribution in [3.8, 4) is 0 Å². The lowest BCUT2D eigenvalue weighted by Crippen LogP contribution is -2.47. The van der Waals surface area contributed by atoms with Crippen molar-refractivity contribution in [1.29, 1.82) is 0 Å². The van der Waals surface area contributed by atoms with Crippen LogP contribution in [0.1, 0.15) is 44.4 Å². The summed E-state index contributed by atoms with van der Waals surface area (Å²) in [6.07, 6.45) is 0.956. The van der Waals surface area contributed by atoms with E-state index in [1.54, 1.807) is 7.11 Å². The number of amides is 1. The summed E-state index contributed by atoms with van der Waals surface area (Å²) >= 11 is 1.40. The summed E-state index contributed by atoms with van der Waals surface area (Å²) in [5.41, 5.74) is 12.5. The Labute approximate surface area is 186 Å². The van der Waals surface area contributed by atoms with Gasteiger partial charge >= 0.3 is 0 Å². The number of likely N-dealkylation sites (tertiary alicyclic amines) is 1. The molecule has 31 heavy (non-hydrogen) atoms. The molecule has 2 N–H and O–H groups in total. The van der Waals surface area contributed by atoms with Gasteiger partial charge in [-0.1, -0.05) is 17.7 Å². The largest absolute Gasteiger partial charge is 0.397 e. The average molecular weight is 437 g/mol. The summed E-state index contributed by atoms with van der Waals surface area (Å²) in [6, 6.07) is 8.59. The zero-order valence-electron chi connectivity index (χ0n) is 18.4. The molecular weight excluding hydrogens is 408 g/mol. The summed E-state index contributed by atoms with van der Waals surface area (Å²) in [5.74, 6) is 0.321. The maximum Gasteiger partial charge on any atom is 0.270 e. The number of aryl methyl sites for hydroxylation is 2. The van der Waals surface area contributed by atoms with Crippen molar-refractivity contribution in [3.05, 3.63) is 51.5 Å². The van der Waals surface area contributed by atoms with E-state index in [9.17, 15) is 4.79 Å². The van der Waals surface area contributed by atoms with Crippen LogP contribution in [0.25, 0.3) is 10.2 Å². The average Bonchev–Trinajstić information content (AvgIpc) is 3.22. The Morgan fingerprint density at radius 3 is 2.90 bits per heavy atom. The van der Waals surface area contributed by atoms with Gasteiger partial charge in [0.1, 0.15) is 9.71 Å². The van der Waals surface area contributed by atoms with Crippen LogP contribution in [0.5, 0.6) is 0 Å². The first-order valence-electron chi connectivity index (χ1n) is 10.7. The molecule has 2 atom stereocenters. The third-order valence-electron chi connectivity index (χ3n) is 6.57. The smallest absolute Gasteiger partial charge is 0.270 e. The second-order valence-corrected chi connectivity index (χ2v) is 9.84. The lowest BCUT2D eigenvalue weighted by molar-refractivity contribution is 0.0969. The van der Waals surface area contributed by atoms with Crippen molar-refractivity contribution in [2.24, 2.45) is 0 Å². The van der Waals surface area contributed by atoms with E-state index in [1.165, 1.54) is 22.5 Å². The number of methoxy groups -OCH3 is 1. The van der Waals surface area contributed by atoms with Crippen LogP contribution in [0.2, 0.25) is 0 Å². The Hall–Kier alpha value is -2.48. The van der Waals surface area contributed by atoms with Crippen molar-refractivity contribution in [3.63, 3.8) is 0 Å². The minimum absolute atomic E-state index is 0.0105. The van der Waals surface area contributed by atoms with Crippen LogP contribution in [0.4, 0.5) is 11.4 Å². The van der Waals surface area contributed by atoms with E-state index in [0.29, 0.717) is 23.1 Å². The van der Waals surface area contributed by atoms with Crippen LogP contribution in [0, 0.1) is 13.8 Å². The zero-order chi connectivity index (χ0) is 21.9. The number of nitrogens with two attached hydrogens (primary N) is 1.